The molecule has 1 aromatic heterocycles. The van der Waals surface area contributed by atoms with E-state index < -0.39 is 29.5 Å². The number of aromatic nitrogens is 1. The molecule has 7 nitrogen and oxygen atoms in total. The lowest BCUT2D eigenvalue weighted by atomic mass is 10.2. The fraction of sp³-hybridized carbons (Fsp3) is 0.167. The minimum absolute atomic E-state index is 0.163. The van der Waals surface area contributed by atoms with Crippen LogP contribution in [0.15, 0.2) is 48.4 Å². The summed E-state index contributed by atoms with van der Waals surface area (Å²) in [7, 11) is 1.29. The molecule has 1 heterocycles. The first kappa shape index (κ1) is 24.6. The average Bonchev–Trinajstić information content (AvgIpc) is 2.66. The van der Waals surface area contributed by atoms with Crippen molar-refractivity contribution in [3.63, 3.8) is 0 Å². The average molecular weight is 479 g/mol. The van der Waals surface area contributed by atoms with E-state index in [1.54, 1.807) is 6.07 Å². The topological polar surface area (TPSA) is 93.1 Å². The molecule has 170 valence electrons. The monoisotopic (exact) mass is 478 g/mol. The van der Waals surface area contributed by atoms with Crippen LogP contribution in [0.25, 0.3) is 0 Å². The molecule has 0 aliphatic heterocycles. The zero-order valence-electron chi connectivity index (χ0n) is 15.9. The molecule has 2 aromatic rings. The van der Waals surface area contributed by atoms with Crippen molar-refractivity contribution in [2.24, 2.45) is 0 Å². The van der Waals surface area contributed by atoms with Gasteiger partial charge in [0, 0.05) is 18.9 Å². The number of nitriles is 1. The number of allylic oxidation sites excluding steroid dienone is 1. The number of carbonyl (C=O) groups excluding carboxylic acids is 1. The van der Waals surface area contributed by atoms with Crippen LogP contribution in [0.2, 0.25) is 5.02 Å². The third-order valence-corrected chi connectivity index (χ3v) is 3.94. The van der Waals surface area contributed by atoms with Crippen molar-refractivity contribution in [2.75, 3.05) is 17.4 Å². The second kappa shape index (κ2) is 9.65. The zero-order chi connectivity index (χ0) is 24.1. The Bertz CT molecular complexity index is 1060. The van der Waals surface area contributed by atoms with Crippen molar-refractivity contribution < 1.29 is 31.1 Å². The van der Waals surface area contributed by atoms with Gasteiger partial charge in [0.1, 0.15) is 5.82 Å². The van der Waals surface area contributed by atoms with Gasteiger partial charge in [0.05, 0.1) is 28.3 Å². The van der Waals surface area contributed by atoms with Gasteiger partial charge < -0.3 is 5.32 Å². The number of hydrogen-bond donors (Lipinski definition) is 3. The Morgan fingerprint density at radius 2 is 1.81 bits per heavy atom. The highest BCUT2D eigenvalue weighted by Gasteiger charge is 2.32. The minimum Gasteiger partial charge on any atom is -0.308 e. The van der Waals surface area contributed by atoms with E-state index in [-0.39, 0.29) is 22.3 Å². The molecule has 1 aromatic carbocycles. The quantitative estimate of drug-likeness (QED) is 0.323. The number of nitrogens with one attached hydrogen (secondary N) is 3. The van der Waals surface area contributed by atoms with Gasteiger partial charge in [-0.15, -0.1) is 0 Å². The summed E-state index contributed by atoms with van der Waals surface area (Å²) in [6, 6.07) is 5.10. The molecule has 32 heavy (non-hydrogen) atoms. The summed E-state index contributed by atoms with van der Waals surface area (Å²) in [5, 5.41) is 13.9. The maximum absolute atomic E-state index is 12.8. The maximum Gasteiger partial charge on any atom is 0.417 e. The van der Waals surface area contributed by atoms with Gasteiger partial charge in [0.15, 0.2) is 5.82 Å². The van der Waals surface area contributed by atoms with Crippen molar-refractivity contribution in [2.45, 2.75) is 12.4 Å². The Labute approximate surface area is 182 Å². The first-order valence-electron chi connectivity index (χ1n) is 8.39. The Balaban J connectivity index is 2.11. The van der Waals surface area contributed by atoms with Gasteiger partial charge in [0.2, 0.25) is 0 Å². The predicted molar refractivity (Wildman–Crippen MR) is 103 cm³/mol. The van der Waals surface area contributed by atoms with Gasteiger partial charge in [-0.3, -0.25) is 15.8 Å². The first-order chi connectivity index (χ1) is 14.8. The number of urea groups is 1. The summed E-state index contributed by atoms with van der Waals surface area (Å²) in [4.78, 5) is 15.7. The molecular weight excluding hydrogens is 466 g/mol. The number of halogens is 7. The molecule has 0 unspecified atom stereocenters. The van der Waals surface area contributed by atoms with Crippen LogP contribution in [0.3, 0.4) is 0 Å². The Morgan fingerprint density at radius 1 is 1.16 bits per heavy atom. The van der Waals surface area contributed by atoms with E-state index in [9.17, 15) is 31.1 Å². The number of alkyl halides is 6. The molecule has 14 heteroatoms. The van der Waals surface area contributed by atoms with Gasteiger partial charge in [-0.1, -0.05) is 17.7 Å². The van der Waals surface area contributed by atoms with E-state index in [1.165, 1.54) is 13.1 Å². The van der Waals surface area contributed by atoms with Crippen molar-refractivity contribution >= 4 is 29.1 Å². The SMILES string of the molecule is CN(N/C(=C/C#N)NC(=O)Nc1cccc(C(F)(F)F)c1)c1ncc(C(F)(F)F)cc1Cl. The van der Waals surface area contributed by atoms with E-state index in [4.69, 9.17) is 16.9 Å². The second-order valence-corrected chi connectivity index (χ2v) is 6.45. The van der Waals surface area contributed by atoms with Crippen LogP contribution in [-0.2, 0) is 12.4 Å². The summed E-state index contributed by atoms with van der Waals surface area (Å²) >= 11 is 5.84. The fourth-order valence-corrected chi connectivity index (χ4v) is 2.58. The van der Waals surface area contributed by atoms with Crippen LogP contribution in [0, 0.1) is 11.3 Å². The largest absolute Gasteiger partial charge is 0.417 e. The molecule has 0 saturated carbocycles. The first-order valence-corrected chi connectivity index (χ1v) is 8.77. The summed E-state index contributed by atoms with van der Waals surface area (Å²) in [6.07, 6.45) is -7.89. The van der Waals surface area contributed by atoms with Crippen LogP contribution in [0.1, 0.15) is 11.1 Å². The van der Waals surface area contributed by atoms with Crippen LogP contribution in [0.4, 0.5) is 42.6 Å². The van der Waals surface area contributed by atoms with Crippen molar-refractivity contribution in [3.05, 3.63) is 64.6 Å². The number of hydrogen-bond acceptors (Lipinski definition) is 5. The van der Waals surface area contributed by atoms with Crippen molar-refractivity contribution in [1.29, 1.82) is 5.26 Å². The van der Waals surface area contributed by atoms with E-state index in [0.29, 0.717) is 18.3 Å². The number of pyridine rings is 1. The Hall–Kier alpha value is -3.66. The number of benzene rings is 1. The van der Waals surface area contributed by atoms with Crippen molar-refractivity contribution in [3.8, 4) is 6.07 Å². The molecule has 2 rings (SSSR count). The van der Waals surface area contributed by atoms with E-state index in [2.05, 4.69) is 21.0 Å². The molecule has 0 atom stereocenters. The van der Waals surface area contributed by atoms with E-state index in [0.717, 1.165) is 23.2 Å². The summed E-state index contributed by atoms with van der Waals surface area (Å²) in [5.41, 5.74) is 0.245. The van der Waals surface area contributed by atoms with Gasteiger partial charge in [-0.25, -0.2) is 9.78 Å². The number of carbonyl (C=O) groups is 1. The molecule has 2 amide bonds. The predicted octanol–water partition coefficient (Wildman–Crippen LogP) is 4.90. The fourth-order valence-electron chi connectivity index (χ4n) is 2.28. The zero-order valence-corrected chi connectivity index (χ0v) is 16.7. The maximum atomic E-state index is 12.8. The molecular formula is C18H13ClF6N6O. The number of rotatable bonds is 5. The third kappa shape index (κ3) is 6.67. The van der Waals surface area contributed by atoms with Crippen LogP contribution < -0.4 is 21.1 Å². The number of hydrazine groups is 1. The number of nitrogens with zero attached hydrogens (tertiary/aromatic N) is 3. The molecule has 0 radical (unpaired) electrons. The molecule has 0 saturated heterocycles. The number of anilines is 2. The smallest absolute Gasteiger partial charge is 0.308 e. The van der Waals surface area contributed by atoms with Gasteiger partial charge >= 0.3 is 18.4 Å². The lowest BCUT2D eigenvalue weighted by Gasteiger charge is -2.23. The summed E-state index contributed by atoms with van der Waals surface area (Å²) in [6.45, 7) is 0. The van der Waals surface area contributed by atoms with Gasteiger partial charge in [0.25, 0.3) is 0 Å². The lowest BCUT2D eigenvalue weighted by molar-refractivity contribution is -0.138. The molecule has 0 spiro atoms. The molecule has 0 aliphatic rings. The lowest BCUT2D eigenvalue weighted by Crippen LogP contribution is -2.42. The van der Waals surface area contributed by atoms with E-state index in [1.807, 2.05) is 0 Å². The van der Waals surface area contributed by atoms with Crippen LogP contribution in [-0.4, -0.2) is 18.1 Å². The normalized spacial score (nSPS) is 12.0. The summed E-state index contributed by atoms with van der Waals surface area (Å²) in [5.74, 6) is -0.430. The van der Waals surface area contributed by atoms with E-state index >= 15 is 0 Å². The second-order valence-electron chi connectivity index (χ2n) is 6.04. The third-order valence-electron chi connectivity index (χ3n) is 3.66. The van der Waals surface area contributed by atoms with Crippen molar-refractivity contribution in [1.82, 2.24) is 15.7 Å². The number of amides is 2. The van der Waals surface area contributed by atoms with Gasteiger partial charge in [-0.2, -0.15) is 31.6 Å². The van der Waals surface area contributed by atoms with Gasteiger partial charge in [-0.05, 0) is 24.3 Å². The molecule has 0 aliphatic carbocycles. The standard InChI is InChI=1S/C18H13ClF6N6O/c1-31(15-13(19)8-11(9-27-15)18(23,24)25)30-14(5-6-26)29-16(32)28-12-4-2-3-10(7-12)17(20,21)22/h2-5,7-9,30H,1H3,(H2,28,29,32)/b14-5+. The molecule has 3 N–H and O–H groups in total. The Morgan fingerprint density at radius 3 is 2.38 bits per heavy atom. The molecule has 0 bridgehead atoms. The Kier molecular flexibility index (Phi) is 7.42. The van der Waals surface area contributed by atoms with Crippen LogP contribution in [0.5, 0.6) is 0 Å². The highest BCUT2D eigenvalue weighted by Crippen LogP contribution is 2.33. The summed E-state index contributed by atoms with van der Waals surface area (Å²) < 4.78 is 76.5. The highest BCUT2D eigenvalue weighted by molar-refractivity contribution is 6.33. The highest BCUT2D eigenvalue weighted by atomic mass is 35.5. The van der Waals surface area contributed by atoms with Crippen LogP contribution >= 0.6 is 11.6 Å². The minimum atomic E-state index is -4.66. The molecule has 0 fully saturated rings.